The Morgan fingerprint density at radius 1 is 1.27 bits per heavy atom. The number of nitrogens with two attached hydrogens (primary N) is 1. The predicted molar refractivity (Wildman–Crippen MR) is 60.8 cm³/mol. The number of benzene rings is 1. The molecule has 0 radical (unpaired) electrons. The Kier molecular flexibility index (Phi) is 2.83. The van der Waals surface area contributed by atoms with Crippen LogP contribution in [0.15, 0.2) is 42.6 Å². The molecule has 1 aromatic carbocycles. The third-order valence-corrected chi connectivity index (χ3v) is 2.45. The second kappa shape index (κ2) is 4.28. The Bertz CT molecular complexity index is 419. The molecule has 3 nitrogen and oxygen atoms in total. The third kappa shape index (κ3) is 2.07. The third-order valence-electron chi connectivity index (χ3n) is 2.45. The Morgan fingerprint density at radius 2 is 2.00 bits per heavy atom. The van der Waals surface area contributed by atoms with Gasteiger partial charge in [0.1, 0.15) is 0 Å². The van der Waals surface area contributed by atoms with Gasteiger partial charge in [-0.1, -0.05) is 25.1 Å². The molecule has 0 spiro atoms. The molecule has 15 heavy (non-hydrogen) atoms. The quantitative estimate of drug-likeness (QED) is 0.828. The van der Waals surface area contributed by atoms with Crippen molar-refractivity contribution in [2.45, 2.75) is 19.4 Å². The van der Waals surface area contributed by atoms with Gasteiger partial charge in [-0.3, -0.25) is 0 Å². The summed E-state index contributed by atoms with van der Waals surface area (Å²) in [7, 11) is 0. The molecule has 1 heterocycles. The monoisotopic (exact) mass is 201 g/mol. The highest BCUT2D eigenvalue weighted by atomic mass is 15.3. The lowest BCUT2D eigenvalue weighted by atomic mass is 10.2. The topological polar surface area (TPSA) is 43.8 Å². The summed E-state index contributed by atoms with van der Waals surface area (Å²) in [6, 6.07) is 12.0. The molecule has 0 fully saturated rings. The van der Waals surface area contributed by atoms with E-state index in [4.69, 9.17) is 5.73 Å². The summed E-state index contributed by atoms with van der Waals surface area (Å²) >= 11 is 0. The maximum atomic E-state index is 5.91. The maximum absolute atomic E-state index is 5.91. The Hall–Kier alpha value is -1.61. The lowest BCUT2D eigenvalue weighted by Crippen LogP contribution is -2.09. The van der Waals surface area contributed by atoms with Crippen LogP contribution in [0.25, 0.3) is 5.69 Å². The molecule has 1 aromatic heterocycles. The molecule has 0 aliphatic carbocycles. The summed E-state index contributed by atoms with van der Waals surface area (Å²) in [6.07, 6.45) is 2.85. The van der Waals surface area contributed by atoms with E-state index in [9.17, 15) is 0 Å². The van der Waals surface area contributed by atoms with Crippen molar-refractivity contribution >= 4 is 0 Å². The van der Waals surface area contributed by atoms with Crippen LogP contribution in [-0.4, -0.2) is 9.78 Å². The first-order valence-electron chi connectivity index (χ1n) is 5.18. The number of para-hydroxylation sites is 1. The van der Waals surface area contributed by atoms with Gasteiger partial charge >= 0.3 is 0 Å². The first kappa shape index (κ1) is 9.93. The van der Waals surface area contributed by atoms with Crippen molar-refractivity contribution in [2.75, 3.05) is 0 Å². The molecule has 1 atom stereocenters. The second-order valence-electron chi connectivity index (χ2n) is 3.54. The minimum Gasteiger partial charge on any atom is -0.323 e. The molecule has 2 aromatic rings. The second-order valence-corrected chi connectivity index (χ2v) is 3.54. The molecule has 2 rings (SSSR count). The average molecular weight is 201 g/mol. The Labute approximate surface area is 89.5 Å². The summed E-state index contributed by atoms with van der Waals surface area (Å²) in [4.78, 5) is 0. The number of hydrogen-bond acceptors (Lipinski definition) is 2. The zero-order valence-corrected chi connectivity index (χ0v) is 8.80. The fourth-order valence-electron chi connectivity index (χ4n) is 1.47. The zero-order valence-electron chi connectivity index (χ0n) is 8.80. The fraction of sp³-hybridized carbons (Fsp3) is 0.250. The summed E-state index contributed by atoms with van der Waals surface area (Å²) in [5.74, 6) is 0. The van der Waals surface area contributed by atoms with Crippen molar-refractivity contribution in [3.8, 4) is 5.69 Å². The first-order chi connectivity index (χ1) is 7.31. The van der Waals surface area contributed by atoms with Crippen molar-refractivity contribution in [1.82, 2.24) is 9.78 Å². The van der Waals surface area contributed by atoms with Crippen LogP contribution in [0.5, 0.6) is 0 Å². The van der Waals surface area contributed by atoms with Gasteiger partial charge in [0, 0.05) is 12.2 Å². The summed E-state index contributed by atoms with van der Waals surface area (Å²) in [6.45, 7) is 2.06. The van der Waals surface area contributed by atoms with Gasteiger partial charge < -0.3 is 5.73 Å². The van der Waals surface area contributed by atoms with Gasteiger partial charge in [0.25, 0.3) is 0 Å². The Morgan fingerprint density at radius 3 is 2.67 bits per heavy atom. The van der Waals surface area contributed by atoms with E-state index in [2.05, 4.69) is 12.0 Å². The number of aromatic nitrogens is 2. The molecule has 0 saturated carbocycles. The largest absolute Gasteiger partial charge is 0.323 e. The molecular formula is C12H15N3. The zero-order chi connectivity index (χ0) is 10.7. The van der Waals surface area contributed by atoms with Gasteiger partial charge in [0.2, 0.25) is 0 Å². The van der Waals surface area contributed by atoms with Crippen molar-refractivity contribution in [3.63, 3.8) is 0 Å². The standard InChI is InChI=1S/C12H15N3/c1-2-11(13)12-8-9-15(14-12)10-6-4-3-5-7-10/h3-9,11H,2,13H2,1H3. The van der Waals surface area contributed by atoms with E-state index < -0.39 is 0 Å². The molecule has 3 heteroatoms. The van der Waals surface area contributed by atoms with Crippen LogP contribution in [0.3, 0.4) is 0 Å². The maximum Gasteiger partial charge on any atom is 0.0796 e. The van der Waals surface area contributed by atoms with Crippen LogP contribution < -0.4 is 5.73 Å². The van der Waals surface area contributed by atoms with E-state index in [-0.39, 0.29) is 6.04 Å². The molecule has 2 N–H and O–H groups in total. The highest BCUT2D eigenvalue weighted by Gasteiger charge is 2.07. The van der Waals surface area contributed by atoms with E-state index in [1.807, 2.05) is 47.3 Å². The number of hydrogen-bond donors (Lipinski definition) is 1. The van der Waals surface area contributed by atoms with Gasteiger partial charge in [-0.15, -0.1) is 0 Å². The van der Waals surface area contributed by atoms with Gasteiger partial charge in [-0.25, -0.2) is 4.68 Å². The van der Waals surface area contributed by atoms with Crippen LogP contribution in [0, 0.1) is 0 Å². The van der Waals surface area contributed by atoms with Crippen molar-refractivity contribution < 1.29 is 0 Å². The van der Waals surface area contributed by atoms with Crippen LogP contribution in [-0.2, 0) is 0 Å². The van der Waals surface area contributed by atoms with Gasteiger partial charge in [0.05, 0.1) is 11.4 Å². The van der Waals surface area contributed by atoms with Gasteiger partial charge in [0.15, 0.2) is 0 Å². The van der Waals surface area contributed by atoms with Crippen molar-refractivity contribution in [1.29, 1.82) is 0 Å². The van der Waals surface area contributed by atoms with E-state index in [0.29, 0.717) is 0 Å². The number of nitrogens with zero attached hydrogens (tertiary/aromatic N) is 2. The highest BCUT2D eigenvalue weighted by Crippen LogP contribution is 2.13. The molecule has 0 bridgehead atoms. The van der Waals surface area contributed by atoms with Crippen molar-refractivity contribution in [2.24, 2.45) is 5.73 Å². The SMILES string of the molecule is CCC(N)c1ccn(-c2ccccc2)n1. The van der Waals surface area contributed by atoms with E-state index in [0.717, 1.165) is 17.8 Å². The van der Waals surface area contributed by atoms with E-state index in [1.54, 1.807) is 0 Å². The van der Waals surface area contributed by atoms with Gasteiger partial charge in [-0.2, -0.15) is 5.10 Å². The van der Waals surface area contributed by atoms with E-state index in [1.165, 1.54) is 0 Å². The summed E-state index contributed by atoms with van der Waals surface area (Å²) in [5.41, 5.74) is 7.92. The molecule has 0 aliphatic heterocycles. The molecule has 1 unspecified atom stereocenters. The average Bonchev–Trinajstić information content (AvgIpc) is 2.78. The van der Waals surface area contributed by atoms with Crippen LogP contribution in [0.4, 0.5) is 0 Å². The van der Waals surface area contributed by atoms with Crippen LogP contribution >= 0.6 is 0 Å². The predicted octanol–water partition coefficient (Wildman–Crippen LogP) is 2.28. The van der Waals surface area contributed by atoms with Crippen LogP contribution in [0.2, 0.25) is 0 Å². The molecule has 0 amide bonds. The van der Waals surface area contributed by atoms with Gasteiger partial charge in [-0.05, 0) is 24.6 Å². The number of rotatable bonds is 3. The van der Waals surface area contributed by atoms with Crippen molar-refractivity contribution in [3.05, 3.63) is 48.3 Å². The minimum absolute atomic E-state index is 0.0370. The normalized spacial score (nSPS) is 12.7. The molecular weight excluding hydrogens is 186 g/mol. The highest BCUT2D eigenvalue weighted by molar-refractivity contribution is 5.30. The Balaban J connectivity index is 2.28. The summed E-state index contributed by atoms with van der Waals surface area (Å²) < 4.78 is 1.85. The lowest BCUT2D eigenvalue weighted by molar-refractivity contribution is 0.660. The minimum atomic E-state index is 0.0370. The van der Waals surface area contributed by atoms with Crippen LogP contribution in [0.1, 0.15) is 25.1 Å². The van der Waals surface area contributed by atoms with E-state index >= 15 is 0 Å². The molecule has 0 saturated heterocycles. The molecule has 78 valence electrons. The lowest BCUT2D eigenvalue weighted by Gasteiger charge is -2.04. The fourth-order valence-corrected chi connectivity index (χ4v) is 1.47. The molecule has 0 aliphatic rings. The first-order valence-corrected chi connectivity index (χ1v) is 5.18. The smallest absolute Gasteiger partial charge is 0.0796 e. The summed E-state index contributed by atoms with van der Waals surface area (Å²) in [5, 5.41) is 4.44.